The largest absolute Gasteiger partial charge is 0.497 e. The number of carbonyl (C=O) groups is 3. The summed E-state index contributed by atoms with van der Waals surface area (Å²) in [5.74, 6) is -2.29. The number of esters is 2. The monoisotopic (exact) mass is 654 g/mol. The Morgan fingerprint density at radius 1 is 0.812 bits per heavy atom. The molecule has 4 aromatic rings. The third kappa shape index (κ3) is 6.77. The first-order valence-corrected chi connectivity index (χ1v) is 15.5. The van der Waals surface area contributed by atoms with Crippen LogP contribution in [0.3, 0.4) is 0 Å². The van der Waals surface area contributed by atoms with Crippen LogP contribution >= 0.6 is 0 Å². The number of aliphatic carboxylic acids is 1. The van der Waals surface area contributed by atoms with Gasteiger partial charge in [-0.05, 0) is 65.6 Å². The van der Waals surface area contributed by atoms with Crippen molar-refractivity contribution in [3.63, 3.8) is 0 Å². The van der Waals surface area contributed by atoms with Gasteiger partial charge in [0.25, 0.3) is 0 Å². The van der Waals surface area contributed by atoms with Crippen LogP contribution in [0.2, 0.25) is 0 Å². The van der Waals surface area contributed by atoms with E-state index in [2.05, 4.69) is 0 Å². The van der Waals surface area contributed by atoms with Gasteiger partial charge in [0.2, 0.25) is 6.79 Å². The smallest absolute Gasteiger partial charge is 0.345 e. The average molecular weight is 655 g/mol. The van der Waals surface area contributed by atoms with Gasteiger partial charge in [-0.15, -0.1) is 0 Å². The minimum Gasteiger partial charge on any atom is -0.497 e. The molecule has 248 valence electrons. The van der Waals surface area contributed by atoms with E-state index >= 15 is 0 Å². The van der Waals surface area contributed by atoms with Gasteiger partial charge in [-0.25, -0.2) is 9.59 Å². The Hall–Kier alpha value is -5.55. The highest BCUT2D eigenvalue weighted by atomic mass is 16.7. The molecule has 1 aliphatic carbocycles. The molecule has 2 aliphatic rings. The van der Waals surface area contributed by atoms with Crippen LogP contribution < -0.4 is 23.7 Å². The van der Waals surface area contributed by atoms with Crippen molar-refractivity contribution in [3.05, 3.63) is 113 Å². The second-order valence-corrected chi connectivity index (χ2v) is 11.2. The zero-order valence-electron chi connectivity index (χ0n) is 26.4. The molecule has 0 saturated heterocycles. The Morgan fingerprint density at radius 3 is 2.35 bits per heavy atom. The first-order valence-electron chi connectivity index (χ1n) is 15.5. The lowest BCUT2D eigenvalue weighted by atomic mass is 9.79. The number of hydrogen-bond donors (Lipinski definition) is 1. The number of fused-ring (bicyclic) bond motifs is 2. The molecule has 0 radical (unpaired) electrons. The molecule has 0 unspecified atom stereocenters. The van der Waals surface area contributed by atoms with Crippen molar-refractivity contribution >= 4 is 17.9 Å². The molecule has 0 fully saturated rings. The maximum absolute atomic E-state index is 13.2. The lowest BCUT2D eigenvalue weighted by molar-refractivity contribution is -0.146. The minimum absolute atomic E-state index is 0.0961. The van der Waals surface area contributed by atoms with Crippen LogP contribution in [0.4, 0.5) is 0 Å². The van der Waals surface area contributed by atoms with Crippen molar-refractivity contribution in [1.29, 1.82) is 0 Å². The summed E-state index contributed by atoms with van der Waals surface area (Å²) in [7, 11) is 1.51. The van der Waals surface area contributed by atoms with Gasteiger partial charge < -0.3 is 38.3 Å². The van der Waals surface area contributed by atoms with Crippen molar-refractivity contribution in [1.82, 2.24) is 0 Å². The van der Waals surface area contributed by atoms with Crippen LogP contribution in [0.25, 0.3) is 0 Å². The molecule has 48 heavy (non-hydrogen) atoms. The number of benzene rings is 4. The third-order valence-corrected chi connectivity index (χ3v) is 8.25. The number of carbonyl (C=O) groups excluding carboxylic acids is 2. The van der Waals surface area contributed by atoms with Gasteiger partial charge in [0, 0.05) is 23.5 Å². The zero-order chi connectivity index (χ0) is 33.6. The fourth-order valence-electron chi connectivity index (χ4n) is 6.15. The molecule has 1 aliphatic heterocycles. The Bertz CT molecular complexity index is 1800. The molecular formula is C37H34O11. The van der Waals surface area contributed by atoms with Gasteiger partial charge in [0.15, 0.2) is 18.3 Å². The quantitative estimate of drug-likeness (QED) is 0.0796. The summed E-state index contributed by atoms with van der Waals surface area (Å²) >= 11 is 0. The SMILES string of the molecule is CCCOc1ccc2c(c1)[C@@H](c1ccc(OC)cc1OCOCC(=O)OC(=O)c1ccccc1)[C@H](C(=O)O)[C@H]2c1ccc2c(c1)OCO2. The van der Waals surface area contributed by atoms with Crippen molar-refractivity contribution in [2.75, 3.05) is 33.9 Å². The molecule has 4 aromatic carbocycles. The first-order chi connectivity index (χ1) is 23.4. The predicted molar refractivity (Wildman–Crippen MR) is 171 cm³/mol. The average Bonchev–Trinajstić information content (AvgIpc) is 3.71. The lowest BCUT2D eigenvalue weighted by Gasteiger charge is -2.25. The van der Waals surface area contributed by atoms with E-state index < -0.39 is 49.1 Å². The topological polar surface area (TPSA) is 136 Å². The van der Waals surface area contributed by atoms with E-state index in [9.17, 15) is 19.5 Å². The summed E-state index contributed by atoms with van der Waals surface area (Å²) in [6.45, 7) is 1.67. The molecule has 11 nitrogen and oxygen atoms in total. The van der Waals surface area contributed by atoms with E-state index in [4.69, 9.17) is 33.2 Å². The molecule has 0 spiro atoms. The Morgan fingerprint density at radius 2 is 1.58 bits per heavy atom. The predicted octanol–water partition coefficient (Wildman–Crippen LogP) is 5.93. The number of ether oxygens (including phenoxy) is 7. The molecule has 0 aromatic heterocycles. The second kappa shape index (κ2) is 14.5. The van der Waals surface area contributed by atoms with Crippen LogP contribution in [-0.2, 0) is 19.1 Å². The van der Waals surface area contributed by atoms with Crippen molar-refractivity contribution in [2.45, 2.75) is 25.2 Å². The van der Waals surface area contributed by atoms with Gasteiger partial charge in [-0.1, -0.05) is 43.3 Å². The minimum atomic E-state index is -1.00. The van der Waals surface area contributed by atoms with Crippen molar-refractivity contribution in [2.24, 2.45) is 5.92 Å². The summed E-state index contributed by atoms with van der Waals surface area (Å²) in [5, 5.41) is 10.8. The molecule has 1 N–H and O–H groups in total. The molecule has 1 heterocycles. The maximum Gasteiger partial charge on any atom is 0.345 e. The molecule has 0 amide bonds. The Labute approximate surface area is 276 Å². The van der Waals surface area contributed by atoms with Gasteiger partial charge in [0.05, 0.1) is 25.2 Å². The fraction of sp³-hybridized carbons (Fsp3) is 0.270. The van der Waals surface area contributed by atoms with Crippen LogP contribution in [0, 0.1) is 5.92 Å². The first kappa shape index (κ1) is 32.4. The molecular weight excluding hydrogens is 620 g/mol. The molecule has 6 rings (SSSR count). The number of rotatable bonds is 13. The lowest BCUT2D eigenvalue weighted by Crippen LogP contribution is -2.24. The maximum atomic E-state index is 13.2. The fourth-order valence-corrected chi connectivity index (χ4v) is 6.15. The molecule has 0 saturated carbocycles. The second-order valence-electron chi connectivity index (χ2n) is 11.2. The van der Waals surface area contributed by atoms with Crippen LogP contribution in [-0.4, -0.2) is 56.9 Å². The van der Waals surface area contributed by atoms with E-state index in [-0.39, 0.29) is 12.4 Å². The van der Waals surface area contributed by atoms with Crippen molar-refractivity contribution in [3.8, 4) is 28.7 Å². The van der Waals surface area contributed by atoms with Crippen LogP contribution in [0.1, 0.15) is 57.8 Å². The standard InChI is InChI=1S/C37H34O11/c1-3-15-44-25-11-12-26-28(17-25)34(35(36(39)40)33(26)23-9-14-29-31(16-23)47-21-46-29)27-13-10-24(42-2)18-30(27)45-20-43-19-32(38)48-37(41)22-7-5-4-6-8-22/h4-14,16-18,33-35H,3,15,19-21H2,1-2H3,(H,39,40)/t33-,34+,35+/m0/s1. The summed E-state index contributed by atoms with van der Waals surface area (Å²) < 4.78 is 38.8. The van der Waals surface area contributed by atoms with E-state index in [0.717, 1.165) is 23.1 Å². The van der Waals surface area contributed by atoms with E-state index in [0.29, 0.717) is 40.9 Å². The summed E-state index contributed by atoms with van der Waals surface area (Å²) in [6.07, 6.45) is 0.808. The summed E-state index contributed by atoms with van der Waals surface area (Å²) in [6, 6.07) is 24.4. The number of methoxy groups -OCH3 is 1. The van der Waals surface area contributed by atoms with Gasteiger partial charge in [0.1, 0.15) is 23.9 Å². The Balaban J connectivity index is 1.30. The number of carboxylic acids is 1. The molecule has 0 bridgehead atoms. The molecule has 3 atom stereocenters. The van der Waals surface area contributed by atoms with E-state index in [1.807, 2.05) is 37.3 Å². The van der Waals surface area contributed by atoms with Crippen molar-refractivity contribution < 1.29 is 52.6 Å². The van der Waals surface area contributed by atoms with E-state index in [1.165, 1.54) is 19.2 Å². The van der Waals surface area contributed by atoms with Gasteiger partial charge in [-0.2, -0.15) is 0 Å². The van der Waals surface area contributed by atoms with Crippen LogP contribution in [0.15, 0.2) is 84.9 Å². The van der Waals surface area contributed by atoms with Crippen LogP contribution in [0.5, 0.6) is 28.7 Å². The highest BCUT2D eigenvalue weighted by Gasteiger charge is 2.48. The molecule has 11 heteroatoms. The van der Waals surface area contributed by atoms with E-state index in [1.54, 1.807) is 42.5 Å². The zero-order valence-corrected chi connectivity index (χ0v) is 26.4. The van der Waals surface area contributed by atoms with Gasteiger partial charge in [-0.3, -0.25) is 4.79 Å². The summed E-state index contributed by atoms with van der Waals surface area (Å²) in [5.41, 5.74) is 3.18. The highest BCUT2D eigenvalue weighted by molar-refractivity contribution is 5.97. The summed E-state index contributed by atoms with van der Waals surface area (Å²) in [4.78, 5) is 37.7. The normalized spacial score (nSPS) is 17.3. The third-order valence-electron chi connectivity index (χ3n) is 8.25. The highest BCUT2D eigenvalue weighted by Crippen LogP contribution is 2.56. The Kier molecular flexibility index (Phi) is 9.77. The van der Waals surface area contributed by atoms with Gasteiger partial charge >= 0.3 is 17.9 Å². The number of hydrogen-bond acceptors (Lipinski definition) is 10. The number of carboxylic acid groups (broad SMARTS) is 1.